The molecule has 0 saturated carbocycles. The summed E-state index contributed by atoms with van der Waals surface area (Å²) in [4.78, 5) is 0. The second-order valence-corrected chi connectivity index (χ2v) is 4.77. The maximum absolute atomic E-state index is 9.47. The van der Waals surface area contributed by atoms with Crippen molar-refractivity contribution in [2.24, 2.45) is 0 Å². The van der Waals surface area contributed by atoms with Crippen LogP contribution in [0.3, 0.4) is 0 Å². The largest absolute Gasteiger partial charge is 0.497 e. The van der Waals surface area contributed by atoms with Gasteiger partial charge in [-0.2, -0.15) is 0 Å². The van der Waals surface area contributed by atoms with Crippen LogP contribution < -0.4 is 4.74 Å². The molecule has 0 radical (unpaired) electrons. The van der Waals surface area contributed by atoms with Crippen molar-refractivity contribution in [3.8, 4) is 5.75 Å². The highest BCUT2D eigenvalue weighted by Crippen LogP contribution is 2.24. The summed E-state index contributed by atoms with van der Waals surface area (Å²) in [6.45, 7) is 2.01. The number of methoxy groups -OCH3 is 1. The molecule has 0 aliphatic heterocycles. The van der Waals surface area contributed by atoms with Crippen molar-refractivity contribution in [2.75, 3.05) is 7.11 Å². The van der Waals surface area contributed by atoms with Gasteiger partial charge in [0.15, 0.2) is 0 Å². The van der Waals surface area contributed by atoms with Gasteiger partial charge in [0, 0.05) is 4.47 Å². The van der Waals surface area contributed by atoms with Crippen LogP contribution in [0.25, 0.3) is 0 Å². The van der Waals surface area contributed by atoms with Gasteiger partial charge in [0.05, 0.1) is 13.2 Å². The first-order valence-corrected chi connectivity index (χ1v) is 6.47. The van der Waals surface area contributed by atoms with E-state index < -0.39 is 0 Å². The molecule has 0 aliphatic carbocycles. The quantitative estimate of drug-likeness (QED) is 0.867. The molecule has 90 valence electrons. The number of rotatable bonds is 6. The first kappa shape index (κ1) is 13.5. The summed E-state index contributed by atoms with van der Waals surface area (Å²) < 4.78 is 6.30. The minimum Gasteiger partial charge on any atom is -0.497 e. The fourth-order valence-electron chi connectivity index (χ4n) is 1.60. The van der Waals surface area contributed by atoms with E-state index in [9.17, 15) is 5.11 Å². The van der Waals surface area contributed by atoms with Crippen LogP contribution in [0.1, 0.15) is 31.7 Å². The predicted octanol–water partition coefficient (Wildman–Crippen LogP) is 3.55. The summed E-state index contributed by atoms with van der Waals surface area (Å²) in [5.41, 5.74) is 1.24. The fraction of sp³-hybridized carbons (Fsp3) is 0.538. The topological polar surface area (TPSA) is 29.5 Å². The lowest BCUT2D eigenvalue weighted by atomic mass is 10.0. The number of aryl methyl sites for hydroxylation is 1. The molecular formula is C13H19BrO2. The standard InChI is InChI=1S/C13H19BrO2/c1-3-11(15)6-4-5-10-9-12(16-2)7-8-13(10)14/h7-9,11,15H,3-6H2,1-2H3. The molecule has 1 rings (SSSR count). The van der Waals surface area contributed by atoms with Crippen LogP contribution in [0.2, 0.25) is 0 Å². The summed E-state index contributed by atoms with van der Waals surface area (Å²) in [6, 6.07) is 5.99. The Balaban J connectivity index is 2.52. The van der Waals surface area contributed by atoms with E-state index in [-0.39, 0.29) is 6.10 Å². The summed E-state index contributed by atoms with van der Waals surface area (Å²) in [6.07, 6.45) is 3.50. The summed E-state index contributed by atoms with van der Waals surface area (Å²) in [7, 11) is 1.67. The molecule has 0 aliphatic rings. The van der Waals surface area contributed by atoms with Crippen molar-refractivity contribution in [2.45, 2.75) is 38.7 Å². The summed E-state index contributed by atoms with van der Waals surface area (Å²) >= 11 is 3.53. The van der Waals surface area contributed by atoms with E-state index >= 15 is 0 Å². The van der Waals surface area contributed by atoms with Crippen molar-refractivity contribution in [1.82, 2.24) is 0 Å². The van der Waals surface area contributed by atoms with Crippen LogP contribution in [-0.4, -0.2) is 18.3 Å². The molecule has 2 nitrogen and oxygen atoms in total. The normalized spacial score (nSPS) is 12.5. The minimum absolute atomic E-state index is 0.163. The van der Waals surface area contributed by atoms with Crippen LogP contribution in [0.15, 0.2) is 22.7 Å². The molecule has 0 spiro atoms. The van der Waals surface area contributed by atoms with Gasteiger partial charge in [0.1, 0.15) is 5.75 Å². The van der Waals surface area contributed by atoms with Crippen LogP contribution >= 0.6 is 15.9 Å². The van der Waals surface area contributed by atoms with Gasteiger partial charge >= 0.3 is 0 Å². The predicted molar refractivity (Wildman–Crippen MR) is 69.9 cm³/mol. The van der Waals surface area contributed by atoms with Crippen molar-refractivity contribution >= 4 is 15.9 Å². The molecular weight excluding hydrogens is 268 g/mol. The van der Waals surface area contributed by atoms with E-state index in [0.717, 1.165) is 35.9 Å². The fourth-order valence-corrected chi connectivity index (χ4v) is 2.05. The van der Waals surface area contributed by atoms with E-state index in [4.69, 9.17) is 4.74 Å². The average Bonchev–Trinajstić information content (AvgIpc) is 2.31. The SMILES string of the molecule is CCC(O)CCCc1cc(OC)ccc1Br. The third-order valence-corrected chi connectivity index (χ3v) is 3.48. The Bertz CT molecular complexity index is 326. The third kappa shape index (κ3) is 4.14. The number of hydrogen-bond donors (Lipinski definition) is 1. The van der Waals surface area contributed by atoms with Gasteiger partial charge in [0.2, 0.25) is 0 Å². The van der Waals surface area contributed by atoms with Crippen LogP contribution in [0.5, 0.6) is 5.75 Å². The van der Waals surface area contributed by atoms with Crippen LogP contribution in [0.4, 0.5) is 0 Å². The first-order valence-electron chi connectivity index (χ1n) is 5.67. The van der Waals surface area contributed by atoms with Gasteiger partial charge in [-0.05, 0) is 49.4 Å². The zero-order chi connectivity index (χ0) is 12.0. The lowest BCUT2D eigenvalue weighted by Gasteiger charge is -2.09. The molecule has 1 aromatic rings. The molecule has 3 heteroatoms. The number of ether oxygens (including phenoxy) is 1. The number of hydrogen-bond acceptors (Lipinski definition) is 2. The number of aliphatic hydroxyl groups is 1. The molecule has 0 bridgehead atoms. The Morgan fingerprint density at radius 2 is 2.19 bits per heavy atom. The lowest BCUT2D eigenvalue weighted by molar-refractivity contribution is 0.157. The second kappa shape index (κ2) is 6.92. The van der Waals surface area contributed by atoms with Gasteiger partial charge in [-0.1, -0.05) is 22.9 Å². The van der Waals surface area contributed by atoms with E-state index in [1.54, 1.807) is 7.11 Å². The zero-order valence-electron chi connectivity index (χ0n) is 9.87. The molecule has 0 fully saturated rings. The number of aliphatic hydroxyl groups excluding tert-OH is 1. The van der Waals surface area contributed by atoms with Crippen LogP contribution in [0, 0.1) is 0 Å². The second-order valence-electron chi connectivity index (χ2n) is 3.91. The average molecular weight is 287 g/mol. The zero-order valence-corrected chi connectivity index (χ0v) is 11.5. The minimum atomic E-state index is -0.163. The number of halogens is 1. The maximum Gasteiger partial charge on any atom is 0.119 e. The monoisotopic (exact) mass is 286 g/mol. The molecule has 16 heavy (non-hydrogen) atoms. The molecule has 0 aromatic heterocycles. The van der Waals surface area contributed by atoms with Crippen LogP contribution in [-0.2, 0) is 6.42 Å². The van der Waals surface area contributed by atoms with E-state index in [2.05, 4.69) is 15.9 Å². The van der Waals surface area contributed by atoms with E-state index in [0.29, 0.717) is 0 Å². The highest BCUT2D eigenvalue weighted by molar-refractivity contribution is 9.10. The molecule has 1 unspecified atom stereocenters. The summed E-state index contributed by atoms with van der Waals surface area (Å²) in [5, 5.41) is 9.47. The van der Waals surface area contributed by atoms with Crippen molar-refractivity contribution in [3.63, 3.8) is 0 Å². The first-order chi connectivity index (χ1) is 7.67. The Labute approximate surface area is 106 Å². The molecule has 0 heterocycles. The van der Waals surface area contributed by atoms with Gasteiger partial charge in [-0.3, -0.25) is 0 Å². The van der Waals surface area contributed by atoms with Crippen molar-refractivity contribution in [3.05, 3.63) is 28.2 Å². The van der Waals surface area contributed by atoms with Gasteiger partial charge in [0.25, 0.3) is 0 Å². The highest BCUT2D eigenvalue weighted by atomic mass is 79.9. The maximum atomic E-state index is 9.47. The lowest BCUT2D eigenvalue weighted by Crippen LogP contribution is -2.04. The van der Waals surface area contributed by atoms with Crippen molar-refractivity contribution < 1.29 is 9.84 Å². The van der Waals surface area contributed by atoms with Gasteiger partial charge < -0.3 is 9.84 Å². The Kier molecular flexibility index (Phi) is 5.85. The van der Waals surface area contributed by atoms with Gasteiger partial charge in [-0.15, -0.1) is 0 Å². The Morgan fingerprint density at radius 1 is 1.44 bits per heavy atom. The molecule has 0 amide bonds. The third-order valence-electron chi connectivity index (χ3n) is 2.71. The smallest absolute Gasteiger partial charge is 0.119 e. The van der Waals surface area contributed by atoms with Crippen molar-refractivity contribution in [1.29, 1.82) is 0 Å². The Morgan fingerprint density at radius 3 is 2.81 bits per heavy atom. The summed E-state index contributed by atoms with van der Waals surface area (Å²) in [5.74, 6) is 0.884. The molecule has 1 N–H and O–H groups in total. The highest BCUT2D eigenvalue weighted by Gasteiger charge is 2.04. The number of benzene rings is 1. The Hall–Kier alpha value is -0.540. The molecule has 1 atom stereocenters. The van der Waals surface area contributed by atoms with Gasteiger partial charge in [-0.25, -0.2) is 0 Å². The van der Waals surface area contributed by atoms with E-state index in [1.165, 1.54) is 5.56 Å². The molecule has 0 saturated heterocycles. The van der Waals surface area contributed by atoms with E-state index in [1.807, 2.05) is 25.1 Å². The molecule has 1 aromatic carbocycles.